The number of hydrogen-bond donors (Lipinski definition) is 1. The molecule has 0 atom stereocenters. The zero-order valence-electron chi connectivity index (χ0n) is 12.1. The van der Waals surface area contributed by atoms with E-state index in [-0.39, 0.29) is 5.54 Å². The maximum atomic E-state index is 6.14. The lowest BCUT2D eigenvalue weighted by atomic mass is 10.0. The number of benzene rings is 1. The van der Waals surface area contributed by atoms with Crippen LogP contribution >= 0.6 is 11.6 Å². The maximum absolute atomic E-state index is 6.14. The number of halogens is 1. The van der Waals surface area contributed by atoms with E-state index in [1.165, 1.54) is 11.1 Å². The molecule has 0 fully saturated rings. The van der Waals surface area contributed by atoms with Crippen molar-refractivity contribution in [2.75, 3.05) is 6.54 Å². The van der Waals surface area contributed by atoms with E-state index in [2.05, 4.69) is 51.2 Å². The molecule has 1 N–H and O–H groups in total. The van der Waals surface area contributed by atoms with Gasteiger partial charge in [0.05, 0.1) is 0 Å². The summed E-state index contributed by atoms with van der Waals surface area (Å²) in [4.78, 5) is 0. The van der Waals surface area contributed by atoms with Crippen LogP contribution in [0.15, 0.2) is 24.3 Å². The third-order valence-electron chi connectivity index (χ3n) is 2.88. The van der Waals surface area contributed by atoms with Crippen molar-refractivity contribution in [2.24, 2.45) is 0 Å². The third-order valence-corrected chi connectivity index (χ3v) is 3.28. The molecule has 0 saturated heterocycles. The first-order valence-corrected chi connectivity index (χ1v) is 6.86. The summed E-state index contributed by atoms with van der Waals surface area (Å²) in [6.45, 7) is 11.7. The van der Waals surface area contributed by atoms with Crippen molar-refractivity contribution in [2.45, 2.75) is 46.6 Å². The number of allylic oxidation sites excluding steroid dienone is 1. The fraction of sp³-hybridized carbons (Fsp3) is 0.500. The Labute approximate surface area is 116 Å². The number of rotatable bonds is 4. The van der Waals surface area contributed by atoms with Crippen LogP contribution in [0.4, 0.5) is 0 Å². The molecule has 0 aliphatic heterocycles. The molecule has 0 heterocycles. The summed E-state index contributed by atoms with van der Waals surface area (Å²) < 4.78 is 0. The van der Waals surface area contributed by atoms with Gasteiger partial charge in [-0.25, -0.2) is 0 Å². The van der Waals surface area contributed by atoms with Gasteiger partial charge in [0.2, 0.25) is 0 Å². The monoisotopic (exact) mass is 265 g/mol. The predicted molar refractivity (Wildman–Crippen MR) is 82.2 cm³/mol. The molecule has 0 aromatic heterocycles. The molecule has 1 aromatic rings. The van der Waals surface area contributed by atoms with Gasteiger partial charge in [0.15, 0.2) is 0 Å². The summed E-state index contributed by atoms with van der Waals surface area (Å²) in [6, 6.07) is 6.24. The Morgan fingerprint density at radius 2 is 2.00 bits per heavy atom. The van der Waals surface area contributed by atoms with Crippen LogP contribution in [0.1, 0.15) is 45.2 Å². The van der Waals surface area contributed by atoms with Crippen molar-refractivity contribution in [3.63, 3.8) is 0 Å². The molecule has 100 valence electrons. The molecular formula is C16H24ClN. The quantitative estimate of drug-likeness (QED) is 0.769. The smallest absolute Gasteiger partial charge is 0.0441 e. The standard InChI is InChI=1S/C16H24ClN/c1-12(7-6-10-18-16(3,4)5)14-9-8-13(2)15(17)11-14/h7-9,11,18H,6,10H2,1-5H3/b12-7-. The summed E-state index contributed by atoms with van der Waals surface area (Å²) >= 11 is 6.14. The van der Waals surface area contributed by atoms with Crippen LogP contribution < -0.4 is 5.32 Å². The molecule has 1 nitrogen and oxygen atoms in total. The molecule has 2 heteroatoms. The summed E-state index contributed by atoms with van der Waals surface area (Å²) in [5, 5.41) is 4.32. The van der Waals surface area contributed by atoms with E-state index >= 15 is 0 Å². The van der Waals surface area contributed by atoms with Crippen LogP contribution in [0.2, 0.25) is 5.02 Å². The van der Waals surface area contributed by atoms with Crippen molar-refractivity contribution in [3.8, 4) is 0 Å². The minimum Gasteiger partial charge on any atom is -0.312 e. The molecule has 1 aromatic carbocycles. The van der Waals surface area contributed by atoms with E-state index in [0.717, 1.165) is 23.6 Å². The van der Waals surface area contributed by atoms with Gasteiger partial charge in [-0.1, -0.05) is 29.8 Å². The van der Waals surface area contributed by atoms with Gasteiger partial charge in [0.1, 0.15) is 0 Å². The molecule has 0 aliphatic carbocycles. The fourth-order valence-electron chi connectivity index (χ4n) is 1.69. The molecule has 0 bridgehead atoms. The minimum absolute atomic E-state index is 0.189. The third kappa shape index (κ3) is 5.24. The maximum Gasteiger partial charge on any atom is 0.0441 e. The molecular weight excluding hydrogens is 242 g/mol. The fourth-order valence-corrected chi connectivity index (χ4v) is 1.87. The Balaban J connectivity index is 2.58. The zero-order chi connectivity index (χ0) is 13.8. The molecule has 0 radical (unpaired) electrons. The Bertz CT molecular complexity index is 427. The van der Waals surface area contributed by atoms with E-state index in [9.17, 15) is 0 Å². The van der Waals surface area contributed by atoms with Crippen molar-refractivity contribution in [1.29, 1.82) is 0 Å². The van der Waals surface area contributed by atoms with Crippen LogP contribution in [-0.4, -0.2) is 12.1 Å². The second-order valence-corrected chi connectivity index (χ2v) is 6.22. The Morgan fingerprint density at radius 1 is 1.33 bits per heavy atom. The van der Waals surface area contributed by atoms with Crippen LogP contribution in [0.25, 0.3) is 5.57 Å². The van der Waals surface area contributed by atoms with Crippen LogP contribution in [0, 0.1) is 6.92 Å². The Morgan fingerprint density at radius 3 is 2.56 bits per heavy atom. The molecule has 18 heavy (non-hydrogen) atoms. The number of nitrogens with one attached hydrogen (secondary N) is 1. The van der Waals surface area contributed by atoms with Crippen LogP contribution in [0.3, 0.4) is 0 Å². The summed E-state index contributed by atoms with van der Waals surface area (Å²) in [5.41, 5.74) is 3.81. The molecule has 0 unspecified atom stereocenters. The minimum atomic E-state index is 0.189. The molecule has 0 spiro atoms. The predicted octanol–water partition coefficient (Wildman–Crippen LogP) is 4.83. The highest BCUT2D eigenvalue weighted by Gasteiger charge is 2.06. The molecule has 0 saturated carbocycles. The lowest BCUT2D eigenvalue weighted by Gasteiger charge is -2.19. The normalized spacial score (nSPS) is 12.9. The van der Waals surface area contributed by atoms with Crippen molar-refractivity contribution >= 4 is 17.2 Å². The van der Waals surface area contributed by atoms with Gasteiger partial charge >= 0.3 is 0 Å². The average Bonchev–Trinajstić information content (AvgIpc) is 2.26. The highest BCUT2D eigenvalue weighted by molar-refractivity contribution is 6.31. The van der Waals surface area contributed by atoms with E-state index in [4.69, 9.17) is 11.6 Å². The van der Waals surface area contributed by atoms with Crippen molar-refractivity contribution < 1.29 is 0 Å². The summed E-state index contributed by atoms with van der Waals surface area (Å²) in [6.07, 6.45) is 3.30. The first-order chi connectivity index (χ1) is 8.29. The summed E-state index contributed by atoms with van der Waals surface area (Å²) in [5.74, 6) is 0. The molecule has 1 rings (SSSR count). The molecule has 0 aliphatic rings. The second-order valence-electron chi connectivity index (χ2n) is 5.82. The first kappa shape index (κ1) is 15.3. The van der Waals surface area contributed by atoms with Crippen LogP contribution in [-0.2, 0) is 0 Å². The number of hydrogen-bond acceptors (Lipinski definition) is 1. The zero-order valence-corrected chi connectivity index (χ0v) is 12.9. The first-order valence-electron chi connectivity index (χ1n) is 6.48. The highest BCUT2D eigenvalue weighted by atomic mass is 35.5. The van der Waals surface area contributed by atoms with Crippen molar-refractivity contribution in [3.05, 3.63) is 40.4 Å². The van der Waals surface area contributed by atoms with E-state index in [1.54, 1.807) is 0 Å². The second kappa shape index (κ2) is 6.40. The van der Waals surface area contributed by atoms with E-state index < -0.39 is 0 Å². The van der Waals surface area contributed by atoms with E-state index in [0.29, 0.717) is 0 Å². The van der Waals surface area contributed by atoms with Gasteiger partial charge in [-0.05, 0) is 70.4 Å². The topological polar surface area (TPSA) is 12.0 Å². The van der Waals surface area contributed by atoms with Crippen LogP contribution in [0.5, 0.6) is 0 Å². The van der Waals surface area contributed by atoms with Gasteiger partial charge in [0, 0.05) is 10.6 Å². The van der Waals surface area contributed by atoms with Gasteiger partial charge in [0.25, 0.3) is 0 Å². The van der Waals surface area contributed by atoms with Gasteiger partial charge < -0.3 is 5.32 Å². The lowest BCUT2D eigenvalue weighted by Crippen LogP contribution is -2.36. The number of aryl methyl sites for hydroxylation is 1. The van der Waals surface area contributed by atoms with E-state index in [1.807, 2.05) is 13.0 Å². The van der Waals surface area contributed by atoms with Gasteiger partial charge in [-0.3, -0.25) is 0 Å². The lowest BCUT2D eigenvalue weighted by molar-refractivity contribution is 0.431. The van der Waals surface area contributed by atoms with Gasteiger partial charge in [-0.15, -0.1) is 0 Å². The SMILES string of the molecule is C/C(=C/CCNC(C)(C)C)c1ccc(C)c(Cl)c1. The largest absolute Gasteiger partial charge is 0.312 e. The Kier molecular flexibility index (Phi) is 5.43. The Hall–Kier alpha value is -0.790. The molecule has 0 amide bonds. The highest BCUT2D eigenvalue weighted by Crippen LogP contribution is 2.22. The van der Waals surface area contributed by atoms with Gasteiger partial charge in [-0.2, -0.15) is 0 Å². The average molecular weight is 266 g/mol. The summed E-state index contributed by atoms with van der Waals surface area (Å²) in [7, 11) is 0. The van der Waals surface area contributed by atoms with Crippen molar-refractivity contribution in [1.82, 2.24) is 5.32 Å².